The SMILES string of the molecule is Cc1ccc(NC(=O)CNc2ccc(F)cc2F)cc1Br. The Labute approximate surface area is 129 Å². The summed E-state index contributed by atoms with van der Waals surface area (Å²) in [5, 5.41) is 5.30. The second kappa shape index (κ2) is 6.67. The van der Waals surface area contributed by atoms with Gasteiger partial charge in [0.1, 0.15) is 11.6 Å². The van der Waals surface area contributed by atoms with Crippen LogP contribution in [0, 0.1) is 18.6 Å². The van der Waals surface area contributed by atoms with Crippen LogP contribution in [0.25, 0.3) is 0 Å². The van der Waals surface area contributed by atoms with Gasteiger partial charge in [-0.15, -0.1) is 0 Å². The van der Waals surface area contributed by atoms with Crippen molar-refractivity contribution in [2.24, 2.45) is 0 Å². The Morgan fingerprint density at radius 3 is 2.62 bits per heavy atom. The summed E-state index contributed by atoms with van der Waals surface area (Å²) >= 11 is 3.38. The first kappa shape index (κ1) is 15.4. The van der Waals surface area contributed by atoms with Gasteiger partial charge in [-0.3, -0.25) is 4.79 Å². The van der Waals surface area contributed by atoms with E-state index in [0.29, 0.717) is 5.69 Å². The lowest BCUT2D eigenvalue weighted by atomic mass is 10.2. The van der Waals surface area contributed by atoms with E-state index in [1.165, 1.54) is 6.07 Å². The van der Waals surface area contributed by atoms with Gasteiger partial charge in [0.25, 0.3) is 0 Å². The minimum atomic E-state index is -0.735. The van der Waals surface area contributed by atoms with Gasteiger partial charge < -0.3 is 10.6 Å². The number of rotatable bonds is 4. The number of hydrogen-bond acceptors (Lipinski definition) is 2. The number of anilines is 2. The van der Waals surface area contributed by atoms with Crippen molar-refractivity contribution in [3.63, 3.8) is 0 Å². The van der Waals surface area contributed by atoms with Crippen LogP contribution in [0.2, 0.25) is 0 Å². The van der Waals surface area contributed by atoms with Gasteiger partial charge in [-0.1, -0.05) is 22.0 Å². The van der Waals surface area contributed by atoms with Crippen LogP contribution in [-0.4, -0.2) is 12.5 Å². The highest BCUT2D eigenvalue weighted by Crippen LogP contribution is 2.20. The minimum Gasteiger partial charge on any atom is -0.374 e. The lowest BCUT2D eigenvalue weighted by molar-refractivity contribution is -0.114. The summed E-state index contributed by atoms with van der Waals surface area (Å²) in [5.74, 6) is -1.72. The summed E-state index contributed by atoms with van der Waals surface area (Å²) in [6, 6.07) is 8.56. The molecule has 110 valence electrons. The third-order valence-corrected chi connectivity index (χ3v) is 3.68. The predicted octanol–water partition coefficient (Wildman–Crippen LogP) is 4.09. The molecule has 0 spiro atoms. The average Bonchev–Trinajstić information content (AvgIpc) is 2.42. The number of carbonyl (C=O) groups excluding carboxylic acids is 1. The van der Waals surface area contributed by atoms with Gasteiger partial charge in [-0.25, -0.2) is 8.78 Å². The minimum absolute atomic E-state index is 0.0802. The molecule has 2 N–H and O–H groups in total. The number of amides is 1. The standard InChI is InChI=1S/C15H13BrF2N2O/c1-9-2-4-11(7-12(9)16)20-15(21)8-19-14-5-3-10(17)6-13(14)18/h2-7,19H,8H2,1H3,(H,20,21). The fraction of sp³-hybridized carbons (Fsp3) is 0.133. The van der Waals surface area contributed by atoms with Crippen LogP contribution in [0.5, 0.6) is 0 Å². The molecule has 3 nitrogen and oxygen atoms in total. The molecule has 0 bridgehead atoms. The monoisotopic (exact) mass is 354 g/mol. The Morgan fingerprint density at radius 2 is 1.95 bits per heavy atom. The third-order valence-electron chi connectivity index (χ3n) is 2.83. The molecular formula is C15H13BrF2N2O. The first-order chi connectivity index (χ1) is 9.95. The lowest BCUT2D eigenvalue weighted by Crippen LogP contribution is -2.22. The Hall–Kier alpha value is -1.95. The fourth-order valence-electron chi connectivity index (χ4n) is 1.68. The highest BCUT2D eigenvalue weighted by atomic mass is 79.9. The van der Waals surface area contributed by atoms with E-state index >= 15 is 0 Å². The van der Waals surface area contributed by atoms with E-state index in [1.54, 1.807) is 12.1 Å². The molecule has 6 heteroatoms. The number of halogens is 3. The molecule has 21 heavy (non-hydrogen) atoms. The summed E-state index contributed by atoms with van der Waals surface area (Å²) in [6.07, 6.45) is 0. The maximum Gasteiger partial charge on any atom is 0.243 e. The topological polar surface area (TPSA) is 41.1 Å². The highest BCUT2D eigenvalue weighted by Gasteiger charge is 2.07. The first-order valence-electron chi connectivity index (χ1n) is 6.20. The molecular weight excluding hydrogens is 342 g/mol. The van der Waals surface area contributed by atoms with Gasteiger partial charge in [-0.2, -0.15) is 0 Å². The maximum atomic E-state index is 13.4. The molecule has 0 fully saturated rings. The van der Waals surface area contributed by atoms with Gasteiger partial charge in [0.15, 0.2) is 0 Å². The van der Waals surface area contributed by atoms with Gasteiger partial charge >= 0.3 is 0 Å². The van der Waals surface area contributed by atoms with Crippen LogP contribution in [0.1, 0.15) is 5.56 Å². The Kier molecular flexibility index (Phi) is 4.90. The molecule has 0 unspecified atom stereocenters. The van der Waals surface area contributed by atoms with E-state index in [1.807, 2.05) is 13.0 Å². The van der Waals surface area contributed by atoms with Crippen LogP contribution in [0.3, 0.4) is 0 Å². The van der Waals surface area contributed by atoms with Crippen molar-refractivity contribution in [2.45, 2.75) is 6.92 Å². The number of aryl methyl sites for hydroxylation is 1. The zero-order valence-electron chi connectivity index (χ0n) is 11.2. The molecule has 0 aliphatic carbocycles. The summed E-state index contributed by atoms with van der Waals surface area (Å²) in [6.45, 7) is 1.82. The molecule has 0 atom stereocenters. The molecule has 1 amide bonds. The van der Waals surface area contributed by atoms with Crippen LogP contribution in [0.15, 0.2) is 40.9 Å². The number of benzene rings is 2. The zero-order valence-corrected chi connectivity index (χ0v) is 12.8. The van der Waals surface area contributed by atoms with Gasteiger partial charge in [0.05, 0.1) is 12.2 Å². The van der Waals surface area contributed by atoms with Crippen molar-refractivity contribution in [3.8, 4) is 0 Å². The van der Waals surface area contributed by atoms with E-state index in [4.69, 9.17) is 0 Å². The Morgan fingerprint density at radius 1 is 1.19 bits per heavy atom. The molecule has 0 aliphatic rings. The third kappa shape index (κ3) is 4.26. The molecule has 2 aromatic rings. The van der Waals surface area contributed by atoms with Crippen molar-refractivity contribution in [1.82, 2.24) is 0 Å². The van der Waals surface area contributed by atoms with Crippen molar-refractivity contribution in [2.75, 3.05) is 17.2 Å². The van der Waals surface area contributed by atoms with Crippen molar-refractivity contribution in [1.29, 1.82) is 0 Å². The Balaban J connectivity index is 1.94. The van der Waals surface area contributed by atoms with Crippen molar-refractivity contribution in [3.05, 3.63) is 58.1 Å². The van der Waals surface area contributed by atoms with Gasteiger partial charge in [0, 0.05) is 16.2 Å². The average molecular weight is 355 g/mol. The van der Waals surface area contributed by atoms with E-state index in [2.05, 4.69) is 26.6 Å². The summed E-state index contributed by atoms with van der Waals surface area (Å²) in [7, 11) is 0. The zero-order chi connectivity index (χ0) is 15.4. The summed E-state index contributed by atoms with van der Waals surface area (Å²) in [5.41, 5.74) is 1.77. The van der Waals surface area contributed by atoms with Crippen LogP contribution >= 0.6 is 15.9 Å². The van der Waals surface area contributed by atoms with Crippen molar-refractivity contribution < 1.29 is 13.6 Å². The van der Waals surface area contributed by atoms with E-state index in [-0.39, 0.29) is 18.1 Å². The van der Waals surface area contributed by atoms with E-state index < -0.39 is 11.6 Å². The van der Waals surface area contributed by atoms with Crippen LogP contribution < -0.4 is 10.6 Å². The Bertz CT molecular complexity index is 677. The molecule has 2 aromatic carbocycles. The first-order valence-corrected chi connectivity index (χ1v) is 7.00. The van der Waals surface area contributed by atoms with Gasteiger partial charge in [-0.05, 0) is 36.8 Å². The van der Waals surface area contributed by atoms with Crippen LogP contribution in [-0.2, 0) is 4.79 Å². The van der Waals surface area contributed by atoms with Crippen molar-refractivity contribution >= 4 is 33.2 Å². The lowest BCUT2D eigenvalue weighted by Gasteiger charge is -2.09. The summed E-state index contributed by atoms with van der Waals surface area (Å²) in [4.78, 5) is 11.8. The predicted molar refractivity (Wildman–Crippen MR) is 82.4 cm³/mol. The highest BCUT2D eigenvalue weighted by molar-refractivity contribution is 9.10. The molecule has 0 saturated heterocycles. The normalized spacial score (nSPS) is 10.3. The van der Waals surface area contributed by atoms with Gasteiger partial charge in [0.2, 0.25) is 5.91 Å². The molecule has 0 saturated carbocycles. The van der Waals surface area contributed by atoms with Crippen LogP contribution in [0.4, 0.5) is 20.2 Å². The number of carbonyl (C=O) groups is 1. The second-order valence-corrected chi connectivity index (χ2v) is 5.34. The van der Waals surface area contributed by atoms with E-state index in [0.717, 1.165) is 22.2 Å². The molecule has 0 radical (unpaired) electrons. The summed E-state index contributed by atoms with van der Waals surface area (Å²) < 4.78 is 27.0. The fourth-order valence-corrected chi connectivity index (χ4v) is 2.06. The molecule has 2 rings (SSSR count). The van der Waals surface area contributed by atoms with E-state index in [9.17, 15) is 13.6 Å². The number of nitrogens with one attached hydrogen (secondary N) is 2. The maximum absolute atomic E-state index is 13.4. The number of hydrogen-bond donors (Lipinski definition) is 2. The second-order valence-electron chi connectivity index (χ2n) is 4.49. The smallest absolute Gasteiger partial charge is 0.243 e. The quantitative estimate of drug-likeness (QED) is 0.868. The molecule has 0 aliphatic heterocycles. The molecule has 0 heterocycles. The largest absolute Gasteiger partial charge is 0.374 e. The molecule has 0 aromatic heterocycles.